The molecule has 1 saturated heterocycles. The van der Waals surface area contributed by atoms with Gasteiger partial charge in [-0.05, 0) is 28.8 Å². The Balaban J connectivity index is 1.45. The van der Waals surface area contributed by atoms with Crippen molar-refractivity contribution in [3.8, 4) is 0 Å². The number of benzene rings is 3. The number of imide groups is 1. The number of carbonyl (C=O) groups is 3. The van der Waals surface area contributed by atoms with E-state index in [0.717, 1.165) is 16.1 Å². The van der Waals surface area contributed by atoms with Gasteiger partial charge in [0.05, 0.1) is 37.0 Å². The fourth-order valence-corrected chi connectivity index (χ4v) is 4.96. The summed E-state index contributed by atoms with van der Waals surface area (Å²) in [7, 11) is 0. The van der Waals surface area contributed by atoms with Crippen LogP contribution in [0.1, 0.15) is 38.8 Å². The molecule has 0 unspecified atom stereocenters. The smallest absolute Gasteiger partial charge is 0.303 e. The van der Waals surface area contributed by atoms with E-state index in [1.165, 1.54) is 6.92 Å². The van der Waals surface area contributed by atoms with Crippen LogP contribution in [-0.4, -0.2) is 60.0 Å². The molecule has 2 aliphatic rings. The van der Waals surface area contributed by atoms with E-state index in [1.54, 1.807) is 24.3 Å². The van der Waals surface area contributed by atoms with Crippen LogP contribution in [0.25, 0.3) is 10.4 Å². The Morgan fingerprint density at radius 3 is 2.05 bits per heavy atom. The van der Waals surface area contributed by atoms with Crippen LogP contribution in [0.5, 0.6) is 0 Å². The highest BCUT2D eigenvalue weighted by molar-refractivity contribution is 6.20. The van der Waals surface area contributed by atoms with Gasteiger partial charge >= 0.3 is 5.97 Å². The second-order valence-electron chi connectivity index (χ2n) is 9.75. The van der Waals surface area contributed by atoms with Crippen molar-refractivity contribution in [1.29, 1.82) is 0 Å². The number of ether oxygens (including phenoxy) is 4. The van der Waals surface area contributed by atoms with E-state index in [4.69, 9.17) is 18.9 Å². The SMILES string of the molecule is CC(=O)O[C@H]1[C@H](OCc2ccccc2)[C@@H](NN2C(=O)c3ccccc3C2=O)[C@H](N=[N+]=[N-])O[C@@H]1COCc1ccccc1. The van der Waals surface area contributed by atoms with E-state index >= 15 is 0 Å². The van der Waals surface area contributed by atoms with Crippen molar-refractivity contribution in [2.45, 2.75) is 50.7 Å². The lowest BCUT2D eigenvalue weighted by molar-refractivity contribution is -0.230. The molecule has 2 amide bonds. The number of hydrogen-bond acceptors (Lipinski definition) is 9. The number of amides is 2. The first kappa shape index (κ1) is 28.9. The predicted molar refractivity (Wildman–Crippen MR) is 148 cm³/mol. The van der Waals surface area contributed by atoms with Crippen molar-refractivity contribution < 1.29 is 33.3 Å². The number of esters is 1. The average molecular weight is 572 g/mol. The zero-order chi connectivity index (χ0) is 29.5. The maximum atomic E-state index is 13.2. The van der Waals surface area contributed by atoms with Gasteiger partial charge in [0.1, 0.15) is 12.2 Å². The van der Waals surface area contributed by atoms with Crippen molar-refractivity contribution in [3.05, 3.63) is 118 Å². The molecule has 5 atom stereocenters. The lowest BCUT2D eigenvalue weighted by Gasteiger charge is -2.45. The molecule has 0 bridgehead atoms. The van der Waals surface area contributed by atoms with Crippen LogP contribution >= 0.6 is 0 Å². The largest absolute Gasteiger partial charge is 0.457 e. The van der Waals surface area contributed by atoms with Gasteiger partial charge in [0, 0.05) is 11.8 Å². The Morgan fingerprint density at radius 1 is 0.905 bits per heavy atom. The number of rotatable bonds is 11. The quantitative estimate of drug-likeness (QED) is 0.120. The van der Waals surface area contributed by atoms with Crippen molar-refractivity contribution in [2.24, 2.45) is 5.11 Å². The minimum absolute atomic E-state index is 0.0325. The predicted octanol–water partition coefficient (Wildman–Crippen LogP) is 3.92. The van der Waals surface area contributed by atoms with Gasteiger partial charge in [0.15, 0.2) is 12.3 Å². The van der Waals surface area contributed by atoms with Crippen LogP contribution < -0.4 is 5.43 Å². The van der Waals surface area contributed by atoms with Crippen molar-refractivity contribution >= 4 is 17.8 Å². The fourth-order valence-electron chi connectivity index (χ4n) is 4.96. The first-order valence-electron chi connectivity index (χ1n) is 13.3. The molecule has 12 nitrogen and oxygen atoms in total. The molecule has 2 heterocycles. The van der Waals surface area contributed by atoms with Crippen LogP contribution in [-0.2, 0) is 37.0 Å². The zero-order valence-electron chi connectivity index (χ0n) is 22.7. The normalized spacial score (nSPS) is 23.3. The molecule has 42 heavy (non-hydrogen) atoms. The summed E-state index contributed by atoms with van der Waals surface area (Å²) in [5, 5.41) is 4.65. The van der Waals surface area contributed by atoms with E-state index in [-0.39, 0.29) is 30.9 Å². The molecule has 1 fully saturated rings. The molecule has 0 saturated carbocycles. The fraction of sp³-hybridized carbons (Fsp3) is 0.300. The summed E-state index contributed by atoms with van der Waals surface area (Å²) in [6.07, 6.45) is -4.26. The Hall–Kier alpha value is -4.58. The molecule has 0 spiro atoms. The number of hydrogen-bond donors (Lipinski definition) is 1. The Kier molecular flexibility index (Phi) is 9.22. The van der Waals surface area contributed by atoms with E-state index in [9.17, 15) is 19.9 Å². The highest BCUT2D eigenvalue weighted by atomic mass is 16.6. The highest BCUT2D eigenvalue weighted by Gasteiger charge is 2.51. The van der Waals surface area contributed by atoms with Crippen LogP contribution in [0.4, 0.5) is 0 Å². The molecule has 12 heteroatoms. The Bertz CT molecular complexity index is 1430. The Labute approximate surface area is 241 Å². The molecule has 0 radical (unpaired) electrons. The molecular weight excluding hydrogens is 542 g/mol. The van der Waals surface area contributed by atoms with Gasteiger partial charge in [-0.1, -0.05) is 77.9 Å². The average Bonchev–Trinajstić information content (AvgIpc) is 3.24. The Morgan fingerprint density at radius 2 is 1.48 bits per heavy atom. The third kappa shape index (κ3) is 6.49. The first-order chi connectivity index (χ1) is 20.5. The molecular formula is C30H29N5O7. The molecule has 3 aromatic rings. The van der Waals surface area contributed by atoms with E-state index < -0.39 is 48.4 Å². The van der Waals surface area contributed by atoms with Gasteiger partial charge in [-0.3, -0.25) is 14.4 Å². The zero-order valence-corrected chi connectivity index (χ0v) is 22.7. The van der Waals surface area contributed by atoms with E-state index in [1.807, 2.05) is 60.7 Å². The molecule has 1 N–H and O–H groups in total. The lowest BCUT2D eigenvalue weighted by Crippen LogP contribution is -2.67. The molecule has 2 aliphatic heterocycles. The van der Waals surface area contributed by atoms with Gasteiger partial charge in [0.2, 0.25) is 0 Å². The van der Waals surface area contributed by atoms with E-state index in [2.05, 4.69) is 15.5 Å². The standard InChI is InChI=1S/C30H29N5O7/c1-19(36)41-26-24(18-39-16-20-10-4-2-5-11-20)42-28(32-34-31)25(27(26)40-17-21-12-6-3-7-13-21)33-35-29(37)22-14-8-9-15-23(22)30(35)38/h2-15,24-28,33H,16-18H2,1H3/t24-,25-,26-,27-,28-/m1/s1. The van der Waals surface area contributed by atoms with Crippen molar-refractivity contribution in [2.75, 3.05) is 6.61 Å². The van der Waals surface area contributed by atoms with Gasteiger partial charge < -0.3 is 18.9 Å². The van der Waals surface area contributed by atoms with Crippen molar-refractivity contribution in [3.63, 3.8) is 0 Å². The van der Waals surface area contributed by atoms with Crippen molar-refractivity contribution in [1.82, 2.24) is 10.4 Å². The minimum atomic E-state index is -1.27. The number of nitrogens with one attached hydrogen (secondary N) is 1. The maximum absolute atomic E-state index is 13.2. The second-order valence-corrected chi connectivity index (χ2v) is 9.75. The number of carbonyl (C=O) groups excluding carboxylic acids is 3. The monoisotopic (exact) mass is 571 g/mol. The summed E-state index contributed by atoms with van der Waals surface area (Å²) >= 11 is 0. The van der Waals surface area contributed by atoms with Crippen LogP contribution in [0.15, 0.2) is 90.0 Å². The molecule has 0 aromatic heterocycles. The van der Waals surface area contributed by atoms with Gasteiger partial charge in [-0.2, -0.15) is 0 Å². The van der Waals surface area contributed by atoms with Gasteiger partial charge in [-0.25, -0.2) is 10.4 Å². The second kappa shape index (κ2) is 13.4. The van der Waals surface area contributed by atoms with Crippen LogP contribution in [0, 0.1) is 0 Å². The molecule has 5 rings (SSSR count). The highest BCUT2D eigenvalue weighted by Crippen LogP contribution is 2.30. The minimum Gasteiger partial charge on any atom is -0.457 e. The number of hydrazine groups is 1. The van der Waals surface area contributed by atoms with Gasteiger partial charge in [0.25, 0.3) is 11.8 Å². The van der Waals surface area contributed by atoms with Gasteiger partial charge in [-0.15, -0.1) is 0 Å². The summed E-state index contributed by atoms with van der Waals surface area (Å²) in [5.41, 5.74) is 14.5. The summed E-state index contributed by atoms with van der Waals surface area (Å²) in [4.78, 5) is 41.6. The summed E-state index contributed by atoms with van der Waals surface area (Å²) in [6.45, 7) is 1.56. The lowest BCUT2D eigenvalue weighted by atomic mass is 9.95. The third-order valence-electron chi connectivity index (χ3n) is 6.88. The van der Waals surface area contributed by atoms with Crippen LogP contribution in [0.3, 0.4) is 0 Å². The summed E-state index contributed by atoms with van der Waals surface area (Å²) in [6, 6.07) is 24.1. The molecule has 0 aliphatic carbocycles. The number of azide groups is 1. The first-order valence-corrected chi connectivity index (χ1v) is 13.3. The number of fused-ring (bicyclic) bond motifs is 1. The third-order valence-corrected chi connectivity index (χ3v) is 6.88. The topological polar surface area (TPSA) is 152 Å². The molecule has 3 aromatic carbocycles. The number of nitrogens with zero attached hydrogens (tertiary/aromatic N) is 4. The summed E-state index contributed by atoms with van der Waals surface area (Å²) in [5.74, 6) is -1.78. The molecule has 216 valence electrons. The van der Waals surface area contributed by atoms with Crippen LogP contribution in [0.2, 0.25) is 0 Å². The van der Waals surface area contributed by atoms with E-state index in [0.29, 0.717) is 0 Å². The maximum Gasteiger partial charge on any atom is 0.303 e. The summed E-state index contributed by atoms with van der Waals surface area (Å²) < 4.78 is 24.1.